The third-order valence-corrected chi connectivity index (χ3v) is 12.6. The molecule has 0 unspecified atom stereocenters. The van der Waals surface area contributed by atoms with Crippen LogP contribution in [0.15, 0.2) is 267 Å². The summed E-state index contributed by atoms with van der Waals surface area (Å²) in [5.41, 5.74) is 18.1. The van der Waals surface area contributed by atoms with Crippen LogP contribution in [0.2, 0.25) is 0 Å². The SMILES string of the molecule is CC(C)(c1ccccc1)c1cc(N(c2ccc(-c3ccccc3)cc2)c2ccc(-c3ccccc3)cc2)ccc1N(c1ccc(-c2ccccc2)cc1)c1ccc(-c2ccccc2)cc1. The van der Waals surface area contributed by atoms with Crippen molar-refractivity contribution >= 4 is 34.1 Å². The maximum absolute atomic E-state index is 2.43. The van der Waals surface area contributed by atoms with Crippen molar-refractivity contribution < 1.29 is 0 Å². The van der Waals surface area contributed by atoms with Gasteiger partial charge in [-0.25, -0.2) is 0 Å². The Labute approximate surface area is 384 Å². The summed E-state index contributed by atoms with van der Waals surface area (Å²) in [5.74, 6) is 0. The molecule has 0 radical (unpaired) electrons. The van der Waals surface area contributed by atoms with Crippen molar-refractivity contribution in [2.75, 3.05) is 9.80 Å². The average molecular weight is 835 g/mol. The van der Waals surface area contributed by atoms with Crippen LogP contribution >= 0.6 is 0 Å². The van der Waals surface area contributed by atoms with Gasteiger partial charge in [0.1, 0.15) is 0 Å². The Morgan fingerprint density at radius 1 is 0.246 bits per heavy atom. The molecule has 0 heterocycles. The third kappa shape index (κ3) is 8.63. The number of benzene rings is 10. The quantitative estimate of drug-likeness (QED) is 0.121. The van der Waals surface area contributed by atoms with Crippen LogP contribution in [-0.2, 0) is 5.41 Å². The van der Waals surface area contributed by atoms with Gasteiger partial charge in [-0.2, -0.15) is 0 Å². The summed E-state index contributed by atoms with van der Waals surface area (Å²) < 4.78 is 0. The van der Waals surface area contributed by atoms with Crippen LogP contribution in [0.25, 0.3) is 44.5 Å². The van der Waals surface area contributed by atoms with Gasteiger partial charge in [0.25, 0.3) is 0 Å². The van der Waals surface area contributed by atoms with E-state index in [1.165, 1.54) is 55.6 Å². The molecule has 65 heavy (non-hydrogen) atoms. The fourth-order valence-corrected chi connectivity index (χ4v) is 8.98. The minimum atomic E-state index is -0.404. The number of hydrogen-bond donors (Lipinski definition) is 0. The first-order chi connectivity index (χ1) is 32.0. The minimum Gasteiger partial charge on any atom is -0.310 e. The van der Waals surface area contributed by atoms with E-state index in [2.05, 4.69) is 291 Å². The van der Waals surface area contributed by atoms with Gasteiger partial charge < -0.3 is 9.80 Å². The zero-order valence-electron chi connectivity index (χ0n) is 36.8. The molecule has 0 amide bonds. The first-order valence-corrected chi connectivity index (χ1v) is 22.4. The number of anilines is 6. The van der Waals surface area contributed by atoms with Gasteiger partial charge in [-0.1, -0.05) is 214 Å². The van der Waals surface area contributed by atoms with Crippen molar-refractivity contribution in [2.24, 2.45) is 0 Å². The Kier molecular flexibility index (Phi) is 11.5. The molecule has 0 aromatic heterocycles. The predicted octanol–water partition coefficient (Wildman–Crippen LogP) is 17.6. The second-order valence-corrected chi connectivity index (χ2v) is 17.0. The molecule has 0 N–H and O–H groups in total. The summed E-state index contributed by atoms with van der Waals surface area (Å²) >= 11 is 0. The van der Waals surface area contributed by atoms with Crippen molar-refractivity contribution in [3.05, 3.63) is 278 Å². The fourth-order valence-electron chi connectivity index (χ4n) is 8.98. The molecule has 0 saturated heterocycles. The Morgan fingerprint density at radius 2 is 0.508 bits per heavy atom. The van der Waals surface area contributed by atoms with Crippen molar-refractivity contribution in [2.45, 2.75) is 19.3 Å². The second-order valence-electron chi connectivity index (χ2n) is 17.0. The maximum atomic E-state index is 2.43. The first-order valence-electron chi connectivity index (χ1n) is 22.4. The van der Waals surface area contributed by atoms with Gasteiger partial charge in [-0.05, 0) is 122 Å². The molecule has 2 nitrogen and oxygen atoms in total. The lowest BCUT2D eigenvalue weighted by Crippen LogP contribution is -2.24. The van der Waals surface area contributed by atoms with E-state index in [9.17, 15) is 0 Å². The summed E-state index contributed by atoms with van der Waals surface area (Å²) in [6.07, 6.45) is 0. The monoisotopic (exact) mass is 834 g/mol. The highest BCUT2D eigenvalue weighted by Crippen LogP contribution is 2.47. The zero-order valence-corrected chi connectivity index (χ0v) is 36.8. The highest BCUT2D eigenvalue weighted by Gasteiger charge is 2.30. The van der Waals surface area contributed by atoms with E-state index in [0.717, 1.165) is 34.1 Å². The van der Waals surface area contributed by atoms with Crippen LogP contribution in [-0.4, -0.2) is 0 Å². The largest absolute Gasteiger partial charge is 0.310 e. The molecule has 10 aromatic rings. The lowest BCUT2D eigenvalue weighted by Gasteiger charge is -2.36. The van der Waals surface area contributed by atoms with Crippen LogP contribution in [0.5, 0.6) is 0 Å². The van der Waals surface area contributed by atoms with Gasteiger partial charge in [0.05, 0.1) is 5.69 Å². The highest BCUT2D eigenvalue weighted by molar-refractivity contribution is 5.86. The molecule has 0 bridgehead atoms. The summed E-state index contributed by atoms with van der Waals surface area (Å²) in [4.78, 5) is 4.83. The smallest absolute Gasteiger partial charge is 0.0504 e. The number of rotatable bonds is 12. The molecular weight excluding hydrogens is 785 g/mol. The summed E-state index contributed by atoms with van der Waals surface area (Å²) in [5, 5.41) is 0. The van der Waals surface area contributed by atoms with Crippen molar-refractivity contribution in [3.8, 4) is 44.5 Å². The van der Waals surface area contributed by atoms with Crippen LogP contribution in [0.1, 0.15) is 25.0 Å². The standard InChI is InChI=1S/C63H50N2/c1-63(2,55-26-16-7-17-27-55)61-46-60(64(56-36-28-51(29-37-56)47-18-8-3-9-19-47)57-38-30-52(31-39-57)48-20-10-4-11-21-48)44-45-62(61)65(58-40-32-53(33-41-58)49-22-12-5-13-23-49)59-42-34-54(35-43-59)50-24-14-6-15-25-50/h3-46H,1-2H3. The van der Waals surface area contributed by atoms with Crippen LogP contribution in [0, 0.1) is 0 Å². The van der Waals surface area contributed by atoms with Gasteiger partial charge in [0, 0.05) is 33.9 Å². The molecule has 10 rings (SSSR count). The van der Waals surface area contributed by atoms with E-state index in [4.69, 9.17) is 0 Å². The maximum Gasteiger partial charge on any atom is 0.0504 e. The number of nitrogens with zero attached hydrogens (tertiary/aromatic N) is 2. The van der Waals surface area contributed by atoms with Crippen molar-refractivity contribution in [1.29, 1.82) is 0 Å². The molecule has 0 fully saturated rings. The van der Waals surface area contributed by atoms with Gasteiger partial charge in [0.2, 0.25) is 0 Å². The van der Waals surface area contributed by atoms with Gasteiger partial charge in [-0.15, -0.1) is 0 Å². The molecule has 0 aliphatic rings. The Morgan fingerprint density at radius 3 is 0.831 bits per heavy atom. The van der Waals surface area contributed by atoms with E-state index in [-0.39, 0.29) is 0 Å². The van der Waals surface area contributed by atoms with E-state index in [0.29, 0.717) is 0 Å². The molecule has 10 aromatic carbocycles. The lowest BCUT2D eigenvalue weighted by molar-refractivity contribution is 0.641. The predicted molar refractivity (Wildman–Crippen MR) is 276 cm³/mol. The van der Waals surface area contributed by atoms with E-state index < -0.39 is 5.41 Å². The summed E-state index contributed by atoms with van der Waals surface area (Å²) in [7, 11) is 0. The molecule has 0 saturated carbocycles. The van der Waals surface area contributed by atoms with E-state index in [1.54, 1.807) is 0 Å². The molecular formula is C63H50N2. The molecule has 0 atom stereocenters. The van der Waals surface area contributed by atoms with Crippen LogP contribution in [0.4, 0.5) is 34.1 Å². The number of hydrogen-bond acceptors (Lipinski definition) is 2. The minimum absolute atomic E-state index is 0.404. The third-order valence-electron chi connectivity index (χ3n) is 12.6. The second kappa shape index (κ2) is 18.3. The van der Waals surface area contributed by atoms with Gasteiger partial charge in [-0.3, -0.25) is 0 Å². The molecule has 312 valence electrons. The van der Waals surface area contributed by atoms with Gasteiger partial charge in [0.15, 0.2) is 0 Å². The first kappa shape index (κ1) is 40.8. The van der Waals surface area contributed by atoms with Crippen molar-refractivity contribution in [1.82, 2.24) is 0 Å². The van der Waals surface area contributed by atoms with Crippen LogP contribution in [0.3, 0.4) is 0 Å². The highest BCUT2D eigenvalue weighted by atomic mass is 15.2. The average Bonchev–Trinajstić information content (AvgIpc) is 3.39. The normalized spacial score (nSPS) is 11.2. The molecule has 0 spiro atoms. The topological polar surface area (TPSA) is 6.48 Å². The summed E-state index contributed by atoms with van der Waals surface area (Å²) in [6.45, 7) is 4.71. The Hall–Kier alpha value is -8.20. The lowest BCUT2D eigenvalue weighted by atomic mass is 9.76. The fraction of sp³-hybridized carbons (Fsp3) is 0.0476. The molecule has 0 aliphatic carbocycles. The van der Waals surface area contributed by atoms with Crippen LogP contribution < -0.4 is 9.80 Å². The zero-order chi connectivity index (χ0) is 44.0. The van der Waals surface area contributed by atoms with Gasteiger partial charge >= 0.3 is 0 Å². The van der Waals surface area contributed by atoms with Crippen molar-refractivity contribution in [3.63, 3.8) is 0 Å². The summed E-state index contributed by atoms with van der Waals surface area (Å²) in [6, 6.07) is 96.3. The van der Waals surface area contributed by atoms with E-state index in [1.807, 2.05) is 0 Å². The van der Waals surface area contributed by atoms with E-state index >= 15 is 0 Å². The Balaban J connectivity index is 1.16. The Bertz CT molecular complexity index is 2930. The molecule has 0 aliphatic heterocycles. The molecule has 2 heteroatoms.